The van der Waals surface area contributed by atoms with Crippen LogP contribution in [0, 0.1) is 0 Å². The third-order valence-corrected chi connectivity index (χ3v) is 10.7. The van der Waals surface area contributed by atoms with Crippen molar-refractivity contribution in [1.29, 1.82) is 0 Å². The largest absolute Gasteiger partial charge is 0.457 e. The van der Waals surface area contributed by atoms with E-state index < -0.39 is 59.8 Å². The van der Waals surface area contributed by atoms with Crippen LogP contribution in [0.1, 0.15) is 174 Å². The molecule has 0 aromatic rings. The van der Waals surface area contributed by atoms with Crippen LogP contribution in [0.15, 0.2) is 48.6 Å². The number of aliphatic hydroxyl groups excluding tert-OH is 3. The minimum Gasteiger partial charge on any atom is -0.457 e. The Kier molecular flexibility index (Phi) is 35.3. The number of aliphatic hydroxyl groups is 3. The normalized spacial score (nSPS) is 20.8. The maximum absolute atomic E-state index is 12.8. The Hall–Kier alpha value is -1.94. The molecule has 1 fully saturated rings. The van der Waals surface area contributed by atoms with Crippen LogP contribution in [0.3, 0.4) is 0 Å². The smallest absolute Gasteiger partial charge is 0.397 e. The van der Waals surface area contributed by atoms with Crippen LogP contribution < -0.4 is 0 Å². The molecule has 344 valence electrons. The molecule has 0 aromatic carbocycles. The van der Waals surface area contributed by atoms with Gasteiger partial charge in [-0.25, -0.2) is 4.18 Å². The second-order valence-corrected chi connectivity index (χ2v) is 16.7. The van der Waals surface area contributed by atoms with Crippen LogP contribution >= 0.6 is 0 Å². The molecule has 6 unspecified atom stereocenters. The fourth-order valence-electron chi connectivity index (χ4n) is 6.78. The summed E-state index contributed by atoms with van der Waals surface area (Å²) in [6.07, 6.45) is 35.7. The van der Waals surface area contributed by atoms with Gasteiger partial charge < -0.3 is 34.3 Å². The monoisotopic (exact) mass is 859 g/mol. The molecule has 6 atom stereocenters. The maximum atomic E-state index is 12.8. The molecule has 1 aliphatic rings. The number of hydrogen-bond acceptors (Lipinski definition) is 11. The lowest BCUT2D eigenvalue weighted by molar-refractivity contribution is -0.301. The summed E-state index contributed by atoms with van der Waals surface area (Å²) in [5.74, 6) is -0.422. The molecule has 0 spiro atoms. The molecule has 0 aliphatic carbocycles. The van der Waals surface area contributed by atoms with Crippen molar-refractivity contribution in [3.8, 4) is 0 Å². The Labute approximate surface area is 357 Å². The second kappa shape index (κ2) is 37.8. The van der Waals surface area contributed by atoms with Crippen molar-refractivity contribution < 1.29 is 56.2 Å². The zero-order valence-electron chi connectivity index (χ0n) is 36.6. The molecule has 1 saturated heterocycles. The minimum absolute atomic E-state index is 0.0268. The van der Waals surface area contributed by atoms with Crippen molar-refractivity contribution in [2.24, 2.45) is 0 Å². The molecular formula is C46H82O12S. The van der Waals surface area contributed by atoms with E-state index in [4.69, 9.17) is 23.5 Å². The highest BCUT2D eigenvalue weighted by Crippen LogP contribution is 2.26. The Bertz CT molecular complexity index is 1220. The molecule has 1 heterocycles. The summed E-state index contributed by atoms with van der Waals surface area (Å²) in [6, 6.07) is 0. The summed E-state index contributed by atoms with van der Waals surface area (Å²) in [5.41, 5.74) is 0. The van der Waals surface area contributed by atoms with E-state index >= 15 is 0 Å². The van der Waals surface area contributed by atoms with Crippen molar-refractivity contribution in [2.75, 3.05) is 26.4 Å². The predicted molar refractivity (Wildman–Crippen MR) is 234 cm³/mol. The van der Waals surface area contributed by atoms with Crippen LogP contribution in [0.2, 0.25) is 0 Å². The molecule has 0 aromatic heterocycles. The van der Waals surface area contributed by atoms with Crippen LogP contribution in [0.5, 0.6) is 0 Å². The number of allylic oxidation sites excluding steroid dienone is 8. The predicted octanol–water partition coefficient (Wildman–Crippen LogP) is 9.58. The molecule has 0 amide bonds. The van der Waals surface area contributed by atoms with Gasteiger partial charge in [0.15, 0.2) is 6.29 Å². The lowest BCUT2D eigenvalue weighted by Gasteiger charge is -2.41. The second-order valence-electron chi connectivity index (χ2n) is 15.6. The first kappa shape index (κ1) is 55.1. The molecule has 1 rings (SSSR count). The fraction of sp³-hybridized carbons (Fsp3) is 0.804. The fourth-order valence-corrected chi connectivity index (χ4v) is 7.29. The van der Waals surface area contributed by atoms with Gasteiger partial charge in [-0.2, -0.15) is 8.42 Å². The van der Waals surface area contributed by atoms with Gasteiger partial charge >= 0.3 is 16.4 Å². The third-order valence-electron chi connectivity index (χ3n) is 10.2. The molecule has 0 bridgehead atoms. The van der Waals surface area contributed by atoms with Crippen LogP contribution in [0.25, 0.3) is 0 Å². The third kappa shape index (κ3) is 31.6. The number of carbonyl (C=O) groups excluding carboxylic acids is 1. The topological polar surface area (TPSA) is 178 Å². The zero-order chi connectivity index (χ0) is 43.2. The van der Waals surface area contributed by atoms with Crippen LogP contribution in [-0.2, 0) is 38.3 Å². The van der Waals surface area contributed by atoms with Gasteiger partial charge in [-0.15, -0.1) is 0 Å². The molecule has 59 heavy (non-hydrogen) atoms. The van der Waals surface area contributed by atoms with Crippen molar-refractivity contribution in [3.05, 3.63) is 48.6 Å². The van der Waals surface area contributed by atoms with Gasteiger partial charge in [-0.3, -0.25) is 9.35 Å². The van der Waals surface area contributed by atoms with Crippen LogP contribution in [0.4, 0.5) is 0 Å². The van der Waals surface area contributed by atoms with Crippen molar-refractivity contribution in [3.63, 3.8) is 0 Å². The minimum atomic E-state index is -5.06. The summed E-state index contributed by atoms with van der Waals surface area (Å²) in [7, 11) is -5.06. The molecule has 13 heteroatoms. The highest BCUT2D eigenvalue weighted by molar-refractivity contribution is 7.80. The summed E-state index contributed by atoms with van der Waals surface area (Å²) in [4.78, 5) is 12.8. The van der Waals surface area contributed by atoms with E-state index in [1.807, 2.05) is 0 Å². The Morgan fingerprint density at radius 1 is 0.661 bits per heavy atom. The highest BCUT2D eigenvalue weighted by atomic mass is 32.3. The van der Waals surface area contributed by atoms with Gasteiger partial charge in [0.25, 0.3) is 0 Å². The first-order valence-corrected chi connectivity index (χ1v) is 24.3. The summed E-state index contributed by atoms with van der Waals surface area (Å²) in [5, 5.41) is 30.7. The molecular weight excluding hydrogens is 777 g/mol. The Balaban J connectivity index is 2.45. The summed E-state index contributed by atoms with van der Waals surface area (Å²) in [6.45, 7) is 3.85. The van der Waals surface area contributed by atoms with E-state index in [1.54, 1.807) is 0 Å². The highest BCUT2D eigenvalue weighted by Gasteiger charge is 2.48. The summed E-state index contributed by atoms with van der Waals surface area (Å²) < 4.78 is 59.0. The Morgan fingerprint density at radius 3 is 1.71 bits per heavy atom. The van der Waals surface area contributed by atoms with Gasteiger partial charge in [-0.1, -0.05) is 165 Å². The number of hydrogen-bond donors (Lipinski definition) is 4. The average molecular weight is 859 g/mol. The summed E-state index contributed by atoms with van der Waals surface area (Å²) >= 11 is 0. The van der Waals surface area contributed by atoms with Crippen molar-refractivity contribution in [2.45, 2.75) is 211 Å². The molecule has 0 saturated carbocycles. The standard InChI is InChI=1S/C46H82O12S/c1-3-5-7-9-11-13-15-17-19-20-21-23-25-27-29-31-33-35-42(48)56-40(39-55-46-44(50)45(58-59(51,52)53)43(49)41(37-47)57-46)38-54-36-34-32-30-28-26-24-22-18-16-14-12-10-8-6-4-2/h5,7,11,13,17,19,21,23,40-41,43-47,49-50H,3-4,6,8-10,12,14-16,18,20,22,24-39H2,1-2H3,(H,51,52,53)/b7-5-,13-11-,19-17-,23-21-. The van der Waals surface area contributed by atoms with E-state index in [0.717, 1.165) is 70.6 Å². The first-order valence-electron chi connectivity index (χ1n) is 22.9. The lowest BCUT2D eigenvalue weighted by atomic mass is 9.99. The van der Waals surface area contributed by atoms with E-state index in [2.05, 4.69) is 66.6 Å². The lowest BCUT2D eigenvalue weighted by Crippen LogP contribution is -2.60. The zero-order valence-corrected chi connectivity index (χ0v) is 37.4. The van der Waals surface area contributed by atoms with Gasteiger partial charge in [0, 0.05) is 13.0 Å². The maximum Gasteiger partial charge on any atom is 0.397 e. The van der Waals surface area contributed by atoms with Gasteiger partial charge in [0.1, 0.15) is 30.5 Å². The SMILES string of the molecule is CC/C=C\C/C=C\C/C=C\C/C=C\CCCCCCC(=O)OC(COCCCCCCCCCCCCCCCCC)COC1OC(CO)C(O)C(OS(=O)(=O)O)C1O. The van der Waals surface area contributed by atoms with E-state index in [1.165, 1.54) is 77.0 Å². The number of carbonyl (C=O) groups is 1. The molecule has 1 aliphatic heterocycles. The van der Waals surface area contributed by atoms with Gasteiger partial charge in [0.2, 0.25) is 0 Å². The number of esters is 1. The van der Waals surface area contributed by atoms with E-state index in [0.29, 0.717) is 13.0 Å². The molecule has 4 N–H and O–H groups in total. The van der Waals surface area contributed by atoms with Crippen molar-refractivity contribution in [1.82, 2.24) is 0 Å². The van der Waals surface area contributed by atoms with E-state index in [9.17, 15) is 28.5 Å². The quantitative estimate of drug-likeness (QED) is 0.0199. The average Bonchev–Trinajstić information content (AvgIpc) is 3.20. The number of unbranched alkanes of at least 4 members (excludes halogenated alkanes) is 18. The molecule has 0 radical (unpaired) electrons. The Morgan fingerprint density at radius 2 is 1.17 bits per heavy atom. The first-order chi connectivity index (χ1) is 28.6. The van der Waals surface area contributed by atoms with Gasteiger partial charge in [0.05, 0.1) is 19.8 Å². The van der Waals surface area contributed by atoms with E-state index in [-0.39, 0.29) is 19.6 Å². The van der Waals surface area contributed by atoms with Crippen LogP contribution in [-0.4, -0.2) is 97.5 Å². The van der Waals surface area contributed by atoms with Crippen molar-refractivity contribution >= 4 is 16.4 Å². The number of ether oxygens (including phenoxy) is 4. The molecule has 12 nitrogen and oxygen atoms in total. The van der Waals surface area contributed by atoms with Gasteiger partial charge in [-0.05, 0) is 51.4 Å². The number of rotatable bonds is 39.